The zero-order valence-corrected chi connectivity index (χ0v) is 12.2. The molecule has 0 N–H and O–H groups in total. The van der Waals surface area contributed by atoms with Gasteiger partial charge in [-0.2, -0.15) is 0 Å². The van der Waals surface area contributed by atoms with Crippen LogP contribution in [0.15, 0.2) is 59.6 Å². The summed E-state index contributed by atoms with van der Waals surface area (Å²) in [5.74, 6) is 0. The molecule has 0 radical (unpaired) electrons. The van der Waals surface area contributed by atoms with Crippen LogP contribution in [0.5, 0.6) is 0 Å². The SMILES string of the molecule is Cc1cc(C)c2ccn(S(=O)(=O)c3ccccc3)c2c1. The molecule has 0 saturated carbocycles. The number of hydrogen-bond donors (Lipinski definition) is 0. The van der Waals surface area contributed by atoms with E-state index in [1.807, 2.05) is 26.0 Å². The third kappa shape index (κ3) is 1.93. The zero-order chi connectivity index (χ0) is 14.3. The smallest absolute Gasteiger partial charge is 0.241 e. The lowest BCUT2D eigenvalue weighted by molar-refractivity contribution is 0.589. The summed E-state index contributed by atoms with van der Waals surface area (Å²) >= 11 is 0. The predicted molar refractivity (Wildman–Crippen MR) is 80.4 cm³/mol. The van der Waals surface area contributed by atoms with E-state index in [1.165, 1.54) is 3.97 Å². The monoisotopic (exact) mass is 285 g/mol. The van der Waals surface area contributed by atoms with Crippen molar-refractivity contribution in [2.75, 3.05) is 0 Å². The van der Waals surface area contributed by atoms with E-state index < -0.39 is 10.0 Å². The Morgan fingerprint density at radius 3 is 2.35 bits per heavy atom. The van der Waals surface area contributed by atoms with Crippen molar-refractivity contribution in [3.63, 3.8) is 0 Å². The molecule has 4 heteroatoms. The Hall–Kier alpha value is -2.07. The van der Waals surface area contributed by atoms with Crippen molar-refractivity contribution in [2.45, 2.75) is 18.7 Å². The Balaban J connectivity index is 2.31. The van der Waals surface area contributed by atoms with Crippen LogP contribution in [0.3, 0.4) is 0 Å². The van der Waals surface area contributed by atoms with Gasteiger partial charge in [0.15, 0.2) is 0 Å². The Bertz CT molecular complexity index is 877. The van der Waals surface area contributed by atoms with E-state index in [2.05, 4.69) is 6.07 Å². The molecule has 1 heterocycles. The average Bonchev–Trinajstić information content (AvgIpc) is 2.84. The summed E-state index contributed by atoms with van der Waals surface area (Å²) in [6, 6.07) is 14.3. The van der Waals surface area contributed by atoms with Crippen LogP contribution in [0.1, 0.15) is 11.1 Å². The van der Waals surface area contributed by atoms with Crippen LogP contribution < -0.4 is 0 Å². The molecule has 0 amide bonds. The van der Waals surface area contributed by atoms with Gasteiger partial charge in [-0.05, 0) is 49.2 Å². The maximum absolute atomic E-state index is 12.7. The van der Waals surface area contributed by atoms with Crippen molar-refractivity contribution in [3.05, 3.63) is 65.9 Å². The fourth-order valence-corrected chi connectivity index (χ4v) is 3.85. The number of benzene rings is 2. The van der Waals surface area contributed by atoms with Gasteiger partial charge < -0.3 is 0 Å². The van der Waals surface area contributed by atoms with Crippen molar-refractivity contribution < 1.29 is 8.42 Å². The molecule has 0 atom stereocenters. The summed E-state index contributed by atoms with van der Waals surface area (Å²) in [4.78, 5) is 0.302. The molecule has 102 valence electrons. The second-order valence-corrected chi connectivity index (χ2v) is 6.76. The van der Waals surface area contributed by atoms with Gasteiger partial charge in [-0.1, -0.05) is 24.3 Å². The first-order valence-electron chi connectivity index (χ1n) is 6.39. The Kier molecular flexibility index (Phi) is 2.91. The quantitative estimate of drug-likeness (QED) is 0.723. The van der Waals surface area contributed by atoms with Gasteiger partial charge in [0.05, 0.1) is 10.4 Å². The molecular formula is C16H15NO2S. The molecular weight excluding hydrogens is 270 g/mol. The van der Waals surface area contributed by atoms with Crippen LogP contribution in [-0.2, 0) is 10.0 Å². The van der Waals surface area contributed by atoms with E-state index in [0.717, 1.165) is 22.0 Å². The molecule has 20 heavy (non-hydrogen) atoms. The van der Waals surface area contributed by atoms with Crippen LogP contribution in [0.2, 0.25) is 0 Å². The largest absolute Gasteiger partial charge is 0.268 e. The maximum Gasteiger partial charge on any atom is 0.268 e. The van der Waals surface area contributed by atoms with Gasteiger partial charge in [-0.15, -0.1) is 0 Å². The van der Waals surface area contributed by atoms with Crippen LogP contribution >= 0.6 is 0 Å². The van der Waals surface area contributed by atoms with Gasteiger partial charge in [0.2, 0.25) is 0 Å². The predicted octanol–water partition coefficient (Wildman–Crippen LogP) is 3.50. The fraction of sp³-hybridized carbons (Fsp3) is 0.125. The number of aryl methyl sites for hydroxylation is 2. The Labute approximate surface area is 118 Å². The summed E-state index contributed by atoms with van der Waals surface area (Å²) in [6.07, 6.45) is 1.62. The van der Waals surface area contributed by atoms with Crippen LogP contribution in [-0.4, -0.2) is 12.4 Å². The molecule has 0 aliphatic carbocycles. The lowest BCUT2D eigenvalue weighted by atomic mass is 10.1. The van der Waals surface area contributed by atoms with Gasteiger partial charge in [0.25, 0.3) is 10.0 Å². The highest BCUT2D eigenvalue weighted by atomic mass is 32.2. The molecule has 0 aliphatic heterocycles. The van der Waals surface area contributed by atoms with Gasteiger partial charge >= 0.3 is 0 Å². The maximum atomic E-state index is 12.7. The van der Waals surface area contributed by atoms with Crippen molar-refractivity contribution >= 4 is 20.9 Å². The van der Waals surface area contributed by atoms with Gasteiger partial charge in [-0.25, -0.2) is 12.4 Å². The van der Waals surface area contributed by atoms with E-state index in [-0.39, 0.29) is 0 Å². The van der Waals surface area contributed by atoms with Crippen LogP contribution in [0.4, 0.5) is 0 Å². The number of aromatic nitrogens is 1. The standard InChI is InChI=1S/C16H15NO2S/c1-12-10-13(2)15-8-9-17(16(15)11-12)20(18,19)14-6-4-3-5-7-14/h3-11H,1-2H3. The average molecular weight is 285 g/mol. The first-order chi connectivity index (χ1) is 9.50. The molecule has 0 bridgehead atoms. The summed E-state index contributed by atoms with van der Waals surface area (Å²) in [5, 5.41) is 0.968. The molecule has 1 aromatic heterocycles. The molecule has 0 unspecified atom stereocenters. The number of nitrogens with zero attached hydrogens (tertiary/aromatic N) is 1. The molecule has 3 aromatic rings. The lowest BCUT2D eigenvalue weighted by Crippen LogP contribution is -2.11. The summed E-state index contributed by atoms with van der Waals surface area (Å²) in [7, 11) is -3.54. The minimum atomic E-state index is -3.54. The lowest BCUT2D eigenvalue weighted by Gasteiger charge is -2.08. The third-order valence-electron chi connectivity index (χ3n) is 3.42. The normalized spacial score (nSPS) is 11.9. The molecule has 3 nitrogen and oxygen atoms in total. The molecule has 0 aliphatic rings. The van der Waals surface area contributed by atoms with Gasteiger partial charge in [-0.3, -0.25) is 0 Å². The van der Waals surface area contributed by atoms with E-state index in [0.29, 0.717) is 4.90 Å². The first-order valence-corrected chi connectivity index (χ1v) is 7.83. The van der Waals surface area contributed by atoms with Crippen molar-refractivity contribution in [2.24, 2.45) is 0 Å². The highest BCUT2D eigenvalue weighted by Crippen LogP contribution is 2.25. The van der Waals surface area contributed by atoms with E-state index in [9.17, 15) is 8.42 Å². The number of hydrogen-bond acceptors (Lipinski definition) is 2. The zero-order valence-electron chi connectivity index (χ0n) is 11.4. The van der Waals surface area contributed by atoms with Gasteiger partial charge in [0, 0.05) is 11.6 Å². The van der Waals surface area contributed by atoms with Gasteiger partial charge in [0.1, 0.15) is 0 Å². The molecule has 0 saturated heterocycles. The molecule has 0 spiro atoms. The number of fused-ring (bicyclic) bond motifs is 1. The topological polar surface area (TPSA) is 39.1 Å². The summed E-state index contributed by atoms with van der Waals surface area (Å²) in [5.41, 5.74) is 2.87. The Morgan fingerprint density at radius 1 is 0.950 bits per heavy atom. The van der Waals surface area contributed by atoms with E-state index in [1.54, 1.807) is 36.5 Å². The van der Waals surface area contributed by atoms with Crippen LogP contribution in [0.25, 0.3) is 10.9 Å². The second-order valence-electron chi connectivity index (χ2n) is 4.94. The molecule has 0 fully saturated rings. The van der Waals surface area contributed by atoms with Crippen molar-refractivity contribution in [1.29, 1.82) is 0 Å². The fourth-order valence-electron chi connectivity index (χ4n) is 2.49. The van der Waals surface area contributed by atoms with E-state index >= 15 is 0 Å². The van der Waals surface area contributed by atoms with Crippen molar-refractivity contribution in [1.82, 2.24) is 3.97 Å². The van der Waals surface area contributed by atoms with E-state index in [4.69, 9.17) is 0 Å². The second kappa shape index (κ2) is 4.49. The highest BCUT2D eigenvalue weighted by Gasteiger charge is 2.18. The van der Waals surface area contributed by atoms with Crippen LogP contribution in [0, 0.1) is 13.8 Å². The summed E-state index contributed by atoms with van der Waals surface area (Å²) in [6.45, 7) is 3.97. The Morgan fingerprint density at radius 2 is 1.65 bits per heavy atom. The molecule has 3 rings (SSSR count). The first kappa shape index (κ1) is 12.9. The third-order valence-corrected chi connectivity index (χ3v) is 5.13. The number of rotatable bonds is 2. The highest BCUT2D eigenvalue weighted by molar-refractivity contribution is 7.90. The van der Waals surface area contributed by atoms with Crippen molar-refractivity contribution in [3.8, 4) is 0 Å². The minimum Gasteiger partial charge on any atom is -0.241 e. The molecule has 2 aromatic carbocycles. The minimum absolute atomic E-state index is 0.302. The summed E-state index contributed by atoms with van der Waals surface area (Å²) < 4.78 is 26.7.